The molecule has 2 aliphatic heterocycles. The molecule has 0 saturated heterocycles. The molecule has 0 saturated carbocycles. The average Bonchev–Trinajstić information content (AvgIpc) is 3.13. The number of nitrogens with one attached hydrogen (secondary N) is 3. The Bertz CT molecular complexity index is 1150. The van der Waals surface area contributed by atoms with Crippen LogP contribution in [-0.2, 0) is 20.8 Å². The molecule has 0 aliphatic carbocycles. The number of carbonyl (C=O) groups is 4. The minimum atomic E-state index is -0.642. The van der Waals surface area contributed by atoms with Crippen molar-refractivity contribution in [3.05, 3.63) is 65.2 Å². The second kappa shape index (κ2) is 11.6. The predicted octanol–water partition coefficient (Wildman–Crippen LogP) is 2.40. The maximum atomic E-state index is 13.5. The van der Waals surface area contributed by atoms with Gasteiger partial charge < -0.3 is 10.6 Å². The van der Waals surface area contributed by atoms with Crippen molar-refractivity contribution >= 4 is 29.3 Å². The summed E-state index contributed by atoms with van der Waals surface area (Å²) in [5.74, 6) is -2.87. The van der Waals surface area contributed by atoms with Crippen molar-refractivity contribution in [2.24, 2.45) is 23.7 Å². The lowest BCUT2D eigenvalue weighted by Gasteiger charge is -2.31. The Hall–Kier alpha value is -3.60. The highest BCUT2D eigenvalue weighted by atomic mass is 16.8. The van der Waals surface area contributed by atoms with E-state index in [0.29, 0.717) is 24.0 Å². The van der Waals surface area contributed by atoms with E-state index in [4.69, 9.17) is 10.0 Å². The quantitative estimate of drug-likeness (QED) is 0.270. The Morgan fingerprint density at radius 2 is 1.73 bits per heavy atom. The van der Waals surface area contributed by atoms with Crippen molar-refractivity contribution in [2.75, 3.05) is 25.0 Å². The van der Waals surface area contributed by atoms with Gasteiger partial charge in [-0.05, 0) is 42.5 Å². The van der Waals surface area contributed by atoms with Crippen LogP contribution >= 0.6 is 0 Å². The van der Waals surface area contributed by atoms with Gasteiger partial charge in [-0.15, -0.1) is 0 Å². The number of nitrogens with zero attached hydrogens (tertiary/aromatic N) is 1. The Morgan fingerprint density at radius 3 is 2.38 bits per heavy atom. The molecular weight excluding hydrogens is 476 g/mol. The molecule has 10 heteroatoms. The van der Waals surface area contributed by atoms with Crippen molar-refractivity contribution in [3.63, 3.8) is 0 Å². The molecule has 196 valence electrons. The third-order valence-corrected chi connectivity index (χ3v) is 6.92. The molecule has 2 aliphatic rings. The van der Waals surface area contributed by atoms with Gasteiger partial charge in [0.1, 0.15) is 0 Å². The van der Waals surface area contributed by atoms with Crippen LogP contribution in [0.4, 0.5) is 5.69 Å². The number of imide groups is 1. The van der Waals surface area contributed by atoms with E-state index in [-0.39, 0.29) is 37.4 Å². The summed E-state index contributed by atoms with van der Waals surface area (Å²) in [6.45, 7) is 3.90. The zero-order valence-corrected chi connectivity index (χ0v) is 20.9. The van der Waals surface area contributed by atoms with Gasteiger partial charge in [0.25, 0.3) is 11.8 Å². The van der Waals surface area contributed by atoms with Crippen LogP contribution in [0.3, 0.4) is 0 Å². The van der Waals surface area contributed by atoms with Crippen LogP contribution in [0.5, 0.6) is 0 Å². The lowest BCUT2D eigenvalue weighted by molar-refractivity contribution is -0.148. The molecule has 0 aromatic heterocycles. The SMILES string of the molecule is CC(C)CC(C(=O)NCC1Cc2ccccc2NC1=O)C(CONO)CN1C(=O)c2ccccc2C1=O. The first kappa shape index (κ1) is 26.5. The van der Waals surface area contributed by atoms with Gasteiger partial charge in [-0.3, -0.25) is 34.1 Å². The third kappa shape index (κ3) is 5.87. The summed E-state index contributed by atoms with van der Waals surface area (Å²) >= 11 is 0. The fraction of sp³-hybridized carbons (Fsp3) is 0.407. The topological polar surface area (TPSA) is 137 Å². The molecule has 10 nitrogen and oxygen atoms in total. The minimum absolute atomic E-state index is 0.0594. The molecule has 3 atom stereocenters. The van der Waals surface area contributed by atoms with Gasteiger partial charge in [-0.1, -0.05) is 49.8 Å². The van der Waals surface area contributed by atoms with Crippen LogP contribution in [0.1, 0.15) is 46.5 Å². The largest absolute Gasteiger partial charge is 0.355 e. The highest BCUT2D eigenvalue weighted by molar-refractivity contribution is 6.21. The normalized spacial score (nSPS) is 18.3. The number of hydrogen-bond acceptors (Lipinski definition) is 7. The van der Waals surface area contributed by atoms with Crippen LogP contribution < -0.4 is 16.3 Å². The van der Waals surface area contributed by atoms with Crippen LogP contribution in [0.2, 0.25) is 0 Å². The van der Waals surface area contributed by atoms with E-state index in [0.717, 1.165) is 16.2 Å². The number of benzene rings is 2. The Labute approximate surface area is 215 Å². The zero-order valence-electron chi connectivity index (χ0n) is 20.9. The highest BCUT2D eigenvalue weighted by Crippen LogP contribution is 2.29. The first-order chi connectivity index (χ1) is 17.8. The molecule has 2 aromatic rings. The molecule has 3 unspecified atom stereocenters. The average molecular weight is 509 g/mol. The van der Waals surface area contributed by atoms with Crippen molar-refractivity contribution < 1.29 is 29.2 Å². The van der Waals surface area contributed by atoms with Crippen LogP contribution in [0.15, 0.2) is 48.5 Å². The molecular formula is C27H32N4O6. The van der Waals surface area contributed by atoms with Gasteiger partial charge in [0, 0.05) is 30.6 Å². The standard InChI is InChI=1S/C27H32N4O6/c1-16(2)11-22(25(33)28-13-18-12-17-7-3-6-10-23(17)29-24(18)32)19(15-37-30-36)14-31-26(34)20-8-4-5-9-21(20)27(31)35/h3-10,16,18-19,22,30,36H,11-15H2,1-2H3,(H,28,33)(H,29,32). The second-order valence-electron chi connectivity index (χ2n) is 9.96. The van der Waals surface area contributed by atoms with Gasteiger partial charge >= 0.3 is 0 Å². The van der Waals surface area contributed by atoms with Crippen molar-refractivity contribution in [1.29, 1.82) is 0 Å². The van der Waals surface area contributed by atoms with Crippen LogP contribution in [0, 0.1) is 23.7 Å². The van der Waals surface area contributed by atoms with Crippen molar-refractivity contribution in [3.8, 4) is 0 Å². The molecule has 0 radical (unpaired) electrons. The van der Waals surface area contributed by atoms with Gasteiger partial charge in [0.15, 0.2) is 0 Å². The number of rotatable bonds is 11. The molecule has 37 heavy (non-hydrogen) atoms. The Balaban J connectivity index is 1.49. The van der Waals surface area contributed by atoms with E-state index >= 15 is 0 Å². The number of fused-ring (bicyclic) bond motifs is 2. The molecule has 0 fully saturated rings. The molecule has 2 heterocycles. The monoisotopic (exact) mass is 508 g/mol. The molecule has 4 N–H and O–H groups in total. The molecule has 4 rings (SSSR count). The Kier molecular flexibility index (Phi) is 8.32. The summed E-state index contributed by atoms with van der Waals surface area (Å²) in [5.41, 5.74) is 4.06. The molecule has 0 spiro atoms. The maximum Gasteiger partial charge on any atom is 0.261 e. The van der Waals surface area contributed by atoms with E-state index in [1.165, 1.54) is 0 Å². The Morgan fingerprint density at radius 1 is 1.08 bits per heavy atom. The summed E-state index contributed by atoms with van der Waals surface area (Å²) in [7, 11) is 0. The number of amides is 4. The summed E-state index contributed by atoms with van der Waals surface area (Å²) in [4.78, 5) is 58.1. The first-order valence-corrected chi connectivity index (χ1v) is 12.4. The number of hydrogen-bond donors (Lipinski definition) is 4. The predicted molar refractivity (Wildman–Crippen MR) is 134 cm³/mol. The van der Waals surface area contributed by atoms with Crippen LogP contribution in [-0.4, -0.2) is 53.4 Å². The van der Waals surface area contributed by atoms with Gasteiger partial charge in [-0.25, -0.2) is 0 Å². The molecule has 2 aromatic carbocycles. The van der Waals surface area contributed by atoms with Gasteiger partial charge in [0.05, 0.1) is 23.7 Å². The third-order valence-electron chi connectivity index (χ3n) is 6.92. The summed E-state index contributed by atoms with van der Waals surface area (Å²) < 4.78 is 0. The van der Waals surface area contributed by atoms with Gasteiger partial charge in [-0.2, -0.15) is 0 Å². The fourth-order valence-electron chi connectivity index (χ4n) is 5.03. The summed E-state index contributed by atoms with van der Waals surface area (Å²) in [6.07, 6.45) is 0.960. The van der Waals surface area contributed by atoms with E-state index in [1.807, 2.05) is 38.1 Å². The molecule has 4 amide bonds. The summed E-state index contributed by atoms with van der Waals surface area (Å²) in [5, 5.41) is 14.8. The van der Waals surface area contributed by atoms with E-state index in [9.17, 15) is 19.2 Å². The minimum Gasteiger partial charge on any atom is -0.355 e. The van der Waals surface area contributed by atoms with Crippen molar-refractivity contribution in [2.45, 2.75) is 26.7 Å². The molecule has 0 bridgehead atoms. The number of anilines is 1. The second-order valence-corrected chi connectivity index (χ2v) is 9.96. The van der Waals surface area contributed by atoms with E-state index in [1.54, 1.807) is 29.9 Å². The summed E-state index contributed by atoms with van der Waals surface area (Å²) in [6, 6.07) is 14.1. The smallest absolute Gasteiger partial charge is 0.261 e. The first-order valence-electron chi connectivity index (χ1n) is 12.4. The maximum absolute atomic E-state index is 13.5. The van der Waals surface area contributed by atoms with E-state index < -0.39 is 29.6 Å². The van der Waals surface area contributed by atoms with Gasteiger partial charge in [0.2, 0.25) is 11.8 Å². The van der Waals surface area contributed by atoms with Crippen LogP contribution in [0.25, 0.3) is 0 Å². The van der Waals surface area contributed by atoms with Crippen molar-refractivity contribution in [1.82, 2.24) is 15.9 Å². The lowest BCUT2D eigenvalue weighted by atomic mass is 9.84. The lowest BCUT2D eigenvalue weighted by Crippen LogP contribution is -2.47. The zero-order chi connectivity index (χ0) is 26.5. The number of carbonyl (C=O) groups excluding carboxylic acids is 4. The highest BCUT2D eigenvalue weighted by Gasteiger charge is 2.40. The fourth-order valence-corrected chi connectivity index (χ4v) is 5.03. The number of para-hydroxylation sites is 1. The van der Waals surface area contributed by atoms with E-state index in [2.05, 4.69) is 10.6 Å².